The predicted octanol–water partition coefficient (Wildman–Crippen LogP) is 3.22. The molecule has 1 aromatic heterocycles. The fraction of sp³-hybridized carbons (Fsp3) is 0.250. The molecular weight excluding hydrogens is 396 g/mol. The van der Waals surface area contributed by atoms with E-state index in [9.17, 15) is 4.79 Å². The molecule has 0 radical (unpaired) electrons. The first-order valence-corrected chi connectivity index (χ1v) is 10.2. The number of aromatic nitrogens is 1. The van der Waals surface area contributed by atoms with Gasteiger partial charge in [-0.1, -0.05) is 24.3 Å². The van der Waals surface area contributed by atoms with Crippen LogP contribution < -0.4 is 18.9 Å². The molecule has 31 heavy (non-hydrogen) atoms. The van der Waals surface area contributed by atoms with Crippen LogP contribution in [0.2, 0.25) is 0 Å². The van der Waals surface area contributed by atoms with Gasteiger partial charge < -0.3 is 23.8 Å². The van der Waals surface area contributed by atoms with E-state index in [1.54, 1.807) is 17.2 Å². The number of amides is 1. The average Bonchev–Trinajstić information content (AvgIpc) is 2.83. The lowest BCUT2D eigenvalue weighted by Crippen LogP contribution is -2.45. The van der Waals surface area contributed by atoms with E-state index in [0.29, 0.717) is 43.6 Å². The summed E-state index contributed by atoms with van der Waals surface area (Å²) >= 11 is 0. The first-order valence-electron chi connectivity index (χ1n) is 10.2. The van der Waals surface area contributed by atoms with Crippen LogP contribution >= 0.6 is 0 Å². The highest BCUT2D eigenvalue weighted by atomic mass is 16.6. The van der Waals surface area contributed by atoms with Gasteiger partial charge in [-0.15, -0.1) is 0 Å². The summed E-state index contributed by atoms with van der Waals surface area (Å²) in [6, 6.07) is 18.8. The second kappa shape index (κ2) is 8.55. The van der Waals surface area contributed by atoms with Crippen LogP contribution in [-0.4, -0.2) is 41.7 Å². The zero-order chi connectivity index (χ0) is 21.0. The van der Waals surface area contributed by atoms with Crippen LogP contribution in [0.3, 0.4) is 0 Å². The smallest absolute Gasteiger partial charge is 0.267 e. The minimum absolute atomic E-state index is 0.157. The average molecular weight is 418 g/mol. The molecule has 5 rings (SSSR count). The van der Waals surface area contributed by atoms with Gasteiger partial charge in [0.1, 0.15) is 19.8 Å². The summed E-state index contributed by atoms with van der Waals surface area (Å²) in [5.74, 6) is 2.48. The Morgan fingerprint density at radius 2 is 1.65 bits per heavy atom. The number of fused-ring (bicyclic) bond motifs is 2. The van der Waals surface area contributed by atoms with Crippen LogP contribution in [0.25, 0.3) is 0 Å². The Labute approximate surface area is 180 Å². The Hall–Kier alpha value is -3.74. The Balaban J connectivity index is 1.38. The molecule has 1 atom stereocenters. The van der Waals surface area contributed by atoms with Gasteiger partial charge in [-0.3, -0.25) is 9.78 Å². The largest absolute Gasteiger partial charge is 0.486 e. The maximum atomic E-state index is 13.4. The molecule has 0 aliphatic carbocycles. The van der Waals surface area contributed by atoms with Gasteiger partial charge in [0, 0.05) is 12.7 Å². The van der Waals surface area contributed by atoms with E-state index in [2.05, 4.69) is 4.98 Å². The van der Waals surface area contributed by atoms with Crippen molar-refractivity contribution in [2.24, 2.45) is 0 Å². The summed E-state index contributed by atoms with van der Waals surface area (Å²) in [7, 11) is 0. The molecule has 158 valence electrons. The fourth-order valence-corrected chi connectivity index (χ4v) is 3.65. The van der Waals surface area contributed by atoms with Crippen LogP contribution in [0, 0.1) is 0 Å². The highest BCUT2D eigenvalue weighted by Gasteiger charge is 2.31. The molecule has 0 fully saturated rings. The maximum absolute atomic E-state index is 13.4. The minimum Gasteiger partial charge on any atom is -0.486 e. The Bertz CT molecular complexity index is 1070. The van der Waals surface area contributed by atoms with E-state index >= 15 is 0 Å². The number of pyridine rings is 1. The van der Waals surface area contributed by atoms with E-state index in [1.807, 2.05) is 54.6 Å². The van der Waals surface area contributed by atoms with Crippen LogP contribution in [0.4, 0.5) is 0 Å². The lowest BCUT2D eigenvalue weighted by molar-refractivity contribution is -0.142. The monoisotopic (exact) mass is 418 g/mol. The second-order valence-corrected chi connectivity index (χ2v) is 7.36. The molecule has 1 unspecified atom stereocenters. The molecule has 3 aromatic rings. The van der Waals surface area contributed by atoms with E-state index in [-0.39, 0.29) is 12.5 Å². The summed E-state index contributed by atoms with van der Waals surface area (Å²) in [6.07, 6.45) is 0.995. The number of nitrogens with zero attached hydrogens (tertiary/aromatic N) is 2. The lowest BCUT2D eigenvalue weighted by atomic mass is 10.1. The molecule has 2 aliphatic heterocycles. The topological polar surface area (TPSA) is 70.1 Å². The van der Waals surface area contributed by atoms with Crippen LogP contribution in [-0.2, 0) is 17.9 Å². The molecule has 0 saturated carbocycles. The highest BCUT2D eigenvalue weighted by molar-refractivity contribution is 5.82. The van der Waals surface area contributed by atoms with Crippen molar-refractivity contribution in [3.8, 4) is 23.0 Å². The minimum atomic E-state index is -0.726. The van der Waals surface area contributed by atoms with Gasteiger partial charge >= 0.3 is 0 Å². The van der Waals surface area contributed by atoms with Crippen LogP contribution in [0.1, 0.15) is 11.3 Å². The SMILES string of the molecule is O=C(C1COc2ccccc2O1)N(Cc1ccc2c(c1)OCCO2)Cc1ccccn1. The molecule has 7 heteroatoms. The van der Waals surface area contributed by atoms with Crippen molar-refractivity contribution in [2.75, 3.05) is 19.8 Å². The van der Waals surface area contributed by atoms with E-state index in [1.165, 1.54) is 0 Å². The Morgan fingerprint density at radius 3 is 2.48 bits per heavy atom. The van der Waals surface area contributed by atoms with Gasteiger partial charge in [-0.05, 0) is 42.0 Å². The molecular formula is C24H22N2O5. The molecule has 1 amide bonds. The standard InChI is InChI=1S/C24H22N2O5/c27-24(23-16-30-19-6-1-2-7-21(19)31-23)26(15-18-5-3-4-10-25-18)14-17-8-9-20-22(13-17)29-12-11-28-20/h1-10,13,23H,11-12,14-16H2. The van der Waals surface area contributed by atoms with Crippen molar-refractivity contribution in [1.29, 1.82) is 0 Å². The molecule has 2 aromatic carbocycles. The number of para-hydroxylation sites is 2. The number of benzene rings is 2. The maximum Gasteiger partial charge on any atom is 0.267 e. The number of carbonyl (C=O) groups excluding carboxylic acids is 1. The van der Waals surface area contributed by atoms with Crippen LogP contribution in [0.5, 0.6) is 23.0 Å². The van der Waals surface area contributed by atoms with Crippen molar-refractivity contribution >= 4 is 5.91 Å². The highest BCUT2D eigenvalue weighted by Crippen LogP contribution is 2.33. The van der Waals surface area contributed by atoms with Crippen molar-refractivity contribution in [3.05, 3.63) is 78.1 Å². The zero-order valence-corrected chi connectivity index (χ0v) is 16.9. The Morgan fingerprint density at radius 1 is 0.871 bits per heavy atom. The first kappa shape index (κ1) is 19.2. The van der Waals surface area contributed by atoms with Crippen LogP contribution in [0.15, 0.2) is 66.9 Å². The summed E-state index contributed by atoms with van der Waals surface area (Å²) in [4.78, 5) is 19.6. The van der Waals surface area contributed by atoms with E-state index < -0.39 is 6.10 Å². The number of ether oxygens (including phenoxy) is 4. The summed E-state index contributed by atoms with van der Waals surface area (Å²) < 4.78 is 23.0. The van der Waals surface area contributed by atoms with E-state index in [0.717, 1.165) is 17.0 Å². The third-order valence-electron chi connectivity index (χ3n) is 5.15. The van der Waals surface area contributed by atoms with Crippen molar-refractivity contribution < 1.29 is 23.7 Å². The number of hydrogen-bond donors (Lipinski definition) is 0. The van der Waals surface area contributed by atoms with Gasteiger partial charge in [-0.25, -0.2) is 0 Å². The van der Waals surface area contributed by atoms with Gasteiger partial charge in [0.05, 0.1) is 12.2 Å². The van der Waals surface area contributed by atoms with Gasteiger partial charge in [0.15, 0.2) is 23.0 Å². The van der Waals surface area contributed by atoms with Gasteiger partial charge in [0.2, 0.25) is 6.10 Å². The van der Waals surface area contributed by atoms with Gasteiger partial charge in [-0.2, -0.15) is 0 Å². The first-order chi connectivity index (χ1) is 15.3. The van der Waals surface area contributed by atoms with Crippen molar-refractivity contribution in [2.45, 2.75) is 19.2 Å². The molecule has 0 N–H and O–H groups in total. The molecule has 7 nitrogen and oxygen atoms in total. The summed E-state index contributed by atoms with van der Waals surface area (Å²) in [5.41, 5.74) is 1.73. The lowest BCUT2D eigenvalue weighted by Gasteiger charge is -2.31. The predicted molar refractivity (Wildman–Crippen MR) is 112 cm³/mol. The summed E-state index contributed by atoms with van der Waals surface area (Å²) in [6.45, 7) is 1.95. The third-order valence-corrected chi connectivity index (χ3v) is 5.15. The molecule has 3 heterocycles. The molecule has 0 spiro atoms. The Kier molecular flexibility index (Phi) is 5.31. The van der Waals surface area contributed by atoms with Crippen molar-refractivity contribution in [1.82, 2.24) is 9.88 Å². The molecule has 2 aliphatic rings. The normalized spacial score (nSPS) is 16.5. The second-order valence-electron chi connectivity index (χ2n) is 7.36. The van der Waals surface area contributed by atoms with E-state index in [4.69, 9.17) is 18.9 Å². The van der Waals surface area contributed by atoms with Crippen molar-refractivity contribution in [3.63, 3.8) is 0 Å². The number of hydrogen-bond acceptors (Lipinski definition) is 6. The summed E-state index contributed by atoms with van der Waals surface area (Å²) in [5, 5.41) is 0. The molecule has 0 saturated heterocycles. The fourth-order valence-electron chi connectivity index (χ4n) is 3.65. The zero-order valence-electron chi connectivity index (χ0n) is 16.9. The quantitative estimate of drug-likeness (QED) is 0.634. The molecule has 0 bridgehead atoms. The number of rotatable bonds is 5. The third kappa shape index (κ3) is 4.26. The van der Waals surface area contributed by atoms with Gasteiger partial charge in [0.25, 0.3) is 5.91 Å². The number of carbonyl (C=O) groups is 1.